The van der Waals surface area contributed by atoms with Crippen molar-refractivity contribution in [1.82, 2.24) is 0 Å². The zero-order valence-corrected chi connectivity index (χ0v) is 15.5. The van der Waals surface area contributed by atoms with Crippen molar-refractivity contribution in [2.45, 2.75) is 20.1 Å². The van der Waals surface area contributed by atoms with Crippen LogP contribution in [0.1, 0.15) is 18.1 Å². The molecule has 3 rings (SSSR count). The summed E-state index contributed by atoms with van der Waals surface area (Å²) >= 11 is 6.20. The largest absolute Gasteiger partial charge is 0.490 e. The van der Waals surface area contributed by atoms with Crippen LogP contribution in [0, 0.1) is 0 Å². The summed E-state index contributed by atoms with van der Waals surface area (Å²) in [4.78, 5) is 0. The lowest BCUT2D eigenvalue weighted by Gasteiger charge is -2.14. The summed E-state index contributed by atoms with van der Waals surface area (Å²) in [5.74, 6) is 1.46. The molecule has 0 radical (unpaired) electrons. The van der Waals surface area contributed by atoms with E-state index in [9.17, 15) is 0 Å². The smallest absolute Gasteiger partial charge is 0.161 e. The Balaban J connectivity index is 1.69. The Labute approximate surface area is 159 Å². The molecule has 0 saturated carbocycles. The van der Waals surface area contributed by atoms with Crippen molar-refractivity contribution in [1.29, 1.82) is 0 Å². The number of nitrogens with one attached hydrogen (secondary N) is 1. The molecule has 0 amide bonds. The molecule has 0 fully saturated rings. The van der Waals surface area contributed by atoms with E-state index in [0.29, 0.717) is 18.2 Å². The van der Waals surface area contributed by atoms with Crippen LogP contribution >= 0.6 is 11.6 Å². The predicted molar refractivity (Wildman–Crippen MR) is 107 cm³/mol. The minimum Gasteiger partial charge on any atom is -0.490 e. The van der Waals surface area contributed by atoms with E-state index in [1.165, 1.54) is 0 Å². The molecule has 0 atom stereocenters. The summed E-state index contributed by atoms with van der Waals surface area (Å²) < 4.78 is 11.7. The van der Waals surface area contributed by atoms with Gasteiger partial charge in [0.1, 0.15) is 6.61 Å². The third-order valence-corrected chi connectivity index (χ3v) is 4.29. The molecule has 0 aliphatic heterocycles. The van der Waals surface area contributed by atoms with Gasteiger partial charge in [-0.2, -0.15) is 0 Å². The quantitative estimate of drug-likeness (QED) is 0.535. The molecule has 4 heteroatoms. The average molecular weight is 368 g/mol. The van der Waals surface area contributed by atoms with Gasteiger partial charge in [-0.25, -0.2) is 0 Å². The molecule has 3 aromatic rings. The minimum absolute atomic E-state index is 0.404. The van der Waals surface area contributed by atoms with Gasteiger partial charge in [0.2, 0.25) is 0 Å². The van der Waals surface area contributed by atoms with Crippen LogP contribution < -0.4 is 14.8 Å². The summed E-state index contributed by atoms with van der Waals surface area (Å²) in [6, 6.07) is 23.8. The molecule has 3 nitrogen and oxygen atoms in total. The lowest BCUT2D eigenvalue weighted by atomic mass is 10.2. The van der Waals surface area contributed by atoms with Gasteiger partial charge >= 0.3 is 0 Å². The van der Waals surface area contributed by atoms with Gasteiger partial charge in [0.15, 0.2) is 11.5 Å². The van der Waals surface area contributed by atoms with Crippen LogP contribution in [0.25, 0.3) is 0 Å². The number of para-hydroxylation sites is 1. The van der Waals surface area contributed by atoms with E-state index in [1.54, 1.807) is 0 Å². The first-order chi connectivity index (χ1) is 12.8. The number of halogens is 1. The molecule has 0 bridgehead atoms. The summed E-state index contributed by atoms with van der Waals surface area (Å²) in [6.45, 7) is 3.67. The van der Waals surface area contributed by atoms with Gasteiger partial charge in [0.05, 0.1) is 6.61 Å². The standard InChI is InChI=1S/C22H22ClNO2/c1-2-25-22-14-17(15-24-19-9-4-3-5-10-19)12-13-21(22)26-16-18-8-6-7-11-20(18)23/h3-14,24H,2,15-16H2,1H3. The molecule has 0 aliphatic rings. The van der Waals surface area contributed by atoms with Crippen LogP contribution in [0.4, 0.5) is 5.69 Å². The number of rotatable bonds is 8. The average Bonchev–Trinajstić information content (AvgIpc) is 2.68. The molecule has 26 heavy (non-hydrogen) atoms. The van der Waals surface area contributed by atoms with Crippen molar-refractivity contribution in [2.75, 3.05) is 11.9 Å². The Morgan fingerprint density at radius 2 is 1.62 bits per heavy atom. The second-order valence-corrected chi connectivity index (χ2v) is 6.22. The fraction of sp³-hybridized carbons (Fsp3) is 0.182. The van der Waals surface area contributed by atoms with Gasteiger partial charge in [0, 0.05) is 22.8 Å². The molecule has 0 heterocycles. The Morgan fingerprint density at radius 3 is 2.38 bits per heavy atom. The Bertz CT molecular complexity index is 837. The molecular formula is C22H22ClNO2. The summed E-state index contributed by atoms with van der Waals surface area (Å²) in [5, 5.41) is 4.10. The number of ether oxygens (including phenoxy) is 2. The van der Waals surface area contributed by atoms with E-state index >= 15 is 0 Å². The van der Waals surface area contributed by atoms with Crippen LogP contribution in [-0.2, 0) is 13.2 Å². The molecule has 0 aromatic heterocycles. The highest BCUT2D eigenvalue weighted by Gasteiger charge is 2.08. The highest BCUT2D eigenvalue weighted by atomic mass is 35.5. The van der Waals surface area contributed by atoms with Crippen LogP contribution in [0.2, 0.25) is 5.02 Å². The normalized spacial score (nSPS) is 10.4. The van der Waals surface area contributed by atoms with Crippen molar-refractivity contribution in [2.24, 2.45) is 0 Å². The monoisotopic (exact) mass is 367 g/mol. The van der Waals surface area contributed by atoms with Gasteiger partial charge < -0.3 is 14.8 Å². The lowest BCUT2D eigenvalue weighted by molar-refractivity contribution is 0.269. The van der Waals surface area contributed by atoms with Gasteiger partial charge in [-0.15, -0.1) is 0 Å². The van der Waals surface area contributed by atoms with Gasteiger partial charge in [-0.1, -0.05) is 54.1 Å². The Hall–Kier alpha value is -2.65. The molecule has 0 aliphatic carbocycles. The molecule has 0 unspecified atom stereocenters. The van der Waals surface area contributed by atoms with E-state index in [4.69, 9.17) is 21.1 Å². The summed E-state index contributed by atoms with van der Waals surface area (Å²) in [7, 11) is 0. The first-order valence-electron chi connectivity index (χ1n) is 8.67. The number of benzene rings is 3. The molecular weight excluding hydrogens is 346 g/mol. The maximum Gasteiger partial charge on any atom is 0.161 e. The van der Waals surface area contributed by atoms with Crippen molar-refractivity contribution in [3.05, 3.63) is 88.9 Å². The van der Waals surface area contributed by atoms with Crippen LogP contribution in [0.5, 0.6) is 11.5 Å². The maximum atomic E-state index is 6.20. The van der Waals surface area contributed by atoms with Crippen LogP contribution in [0.3, 0.4) is 0 Å². The lowest BCUT2D eigenvalue weighted by Crippen LogP contribution is -2.03. The highest BCUT2D eigenvalue weighted by Crippen LogP contribution is 2.30. The van der Waals surface area contributed by atoms with Crippen molar-refractivity contribution < 1.29 is 9.47 Å². The number of hydrogen-bond acceptors (Lipinski definition) is 3. The van der Waals surface area contributed by atoms with E-state index in [0.717, 1.165) is 34.9 Å². The fourth-order valence-corrected chi connectivity index (χ4v) is 2.77. The summed E-state index contributed by atoms with van der Waals surface area (Å²) in [5.41, 5.74) is 3.17. The van der Waals surface area contributed by atoms with Crippen LogP contribution in [0.15, 0.2) is 72.8 Å². The predicted octanol–water partition coefficient (Wildman–Crippen LogP) is 5.93. The minimum atomic E-state index is 0.404. The van der Waals surface area contributed by atoms with Gasteiger partial charge in [-0.05, 0) is 42.8 Å². The maximum absolute atomic E-state index is 6.20. The second-order valence-electron chi connectivity index (χ2n) is 5.81. The second kappa shape index (κ2) is 9.16. The number of anilines is 1. The highest BCUT2D eigenvalue weighted by molar-refractivity contribution is 6.31. The molecule has 3 aromatic carbocycles. The first kappa shape index (κ1) is 18.2. The zero-order valence-electron chi connectivity index (χ0n) is 14.7. The van der Waals surface area contributed by atoms with Crippen molar-refractivity contribution in [3.63, 3.8) is 0 Å². The summed E-state index contributed by atoms with van der Waals surface area (Å²) in [6.07, 6.45) is 0. The first-order valence-corrected chi connectivity index (χ1v) is 9.05. The number of hydrogen-bond donors (Lipinski definition) is 1. The van der Waals surface area contributed by atoms with Gasteiger partial charge in [-0.3, -0.25) is 0 Å². The Morgan fingerprint density at radius 1 is 0.846 bits per heavy atom. The Kier molecular flexibility index (Phi) is 6.39. The van der Waals surface area contributed by atoms with E-state index in [1.807, 2.05) is 79.7 Å². The van der Waals surface area contributed by atoms with Crippen LogP contribution in [-0.4, -0.2) is 6.61 Å². The SMILES string of the molecule is CCOc1cc(CNc2ccccc2)ccc1OCc1ccccc1Cl. The third kappa shape index (κ3) is 4.93. The molecule has 0 spiro atoms. The molecule has 1 N–H and O–H groups in total. The topological polar surface area (TPSA) is 30.5 Å². The van der Waals surface area contributed by atoms with Gasteiger partial charge in [0.25, 0.3) is 0 Å². The van der Waals surface area contributed by atoms with Crippen molar-refractivity contribution in [3.8, 4) is 11.5 Å². The third-order valence-electron chi connectivity index (χ3n) is 3.92. The van der Waals surface area contributed by atoms with E-state index < -0.39 is 0 Å². The molecule has 0 saturated heterocycles. The van der Waals surface area contributed by atoms with Crippen molar-refractivity contribution >= 4 is 17.3 Å². The van der Waals surface area contributed by atoms with E-state index in [-0.39, 0.29) is 0 Å². The fourth-order valence-electron chi connectivity index (χ4n) is 2.58. The van der Waals surface area contributed by atoms with E-state index in [2.05, 4.69) is 5.32 Å². The molecule has 134 valence electrons. The zero-order chi connectivity index (χ0) is 18.2.